The Bertz CT molecular complexity index is 1160. The molecule has 3 aromatic heterocycles. The number of fused-ring (bicyclic) bond motifs is 1. The van der Waals surface area contributed by atoms with E-state index < -0.39 is 0 Å². The smallest absolute Gasteiger partial charge is 0.331 e. The first-order valence-corrected chi connectivity index (χ1v) is 10.6. The lowest BCUT2D eigenvalue weighted by atomic mass is 10.1. The third-order valence-electron chi connectivity index (χ3n) is 5.47. The standard InChI is InChI=1S/C20H20BrN7O2/c1-26-18(29)4-5-28(20(26)30)15-6-13(12-2-3-12)9-27-10-14(25-19(15)27)8-22-17-7-16(21)23-11-24-17/h6-7,9-12H,2-5,8H2,1H3,(H,22,23,24). The Kier molecular flexibility index (Phi) is 4.65. The number of imide groups is 1. The van der Waals surface area contributed by atoms with Crippen molar-refractivity contribution in [2.24, 2.45) is 0 Å². The first-order valence-electron chi connectivity index (χ1n) is 9.80. The molecular formula is C20H20BrN7O2. The Morgan fingerprint density at radius 3 is 2.80 bits per heavy atom. The van der Waals surface area contributed by atoms with Gasteiger partial charge in [0, 0.05) is 38.5 Å². The maximum atomic E-state index is 12.8. The van der Waals surface area contributed by atoms with Crippen LogP contribution in [-0.4, -0.2) is 49.8 Å². The molecule has 0 radical (unpaired) electrons. The van der Waals surface area contributed by atoms with Crippen LogP contribution in [0.2, 0.25) is 0 Å². The van der Waals surface area contributed by atoms with Crippen LogP contribution in [0.5, 0.6) is 0 Å². The molecule has 4 heterocycles. The molecule has 9 nitrogen and oxygen atoms in total. The predicted octanol–water partition coefficient (Wildman–Crippen LogP) is 3.16. The Balaban J connectivity index is 1.49. The van der Waals surface area contributed by atoms with Crippen LogP contribution in [-0.2, 0) is 11.3 Å². The van der Waals surface area contributed by atoms with Crippen LogP contribution < -0.4 is 10.2 Å². The summed E-state index contributed by atoms with van der Waals surface area (Å²) in [5.74, 6) is 1.06. The van der Waals surface area contributed by atoms with Gasteiger partial charge in [-0.1, -0.05) is 0 Å². The van der Waals surface area contributed by atoms with E-state index in [1.54, 1.807) is 11.0 Å². The van der Waals surface area contributed by atoms with Gasteiger partial charge < -0.3 is 9.72 Å². The van der Waals surface area contributed by atoms with E-state index in [0.717, 1.165) is 24.2 Å². The Hall–Kier alpha value is -3.01. The Morgan fingerprint density at radius 2 is 2.03 bits per heavy atom. The van der Waals surface area contributed by atoms with Gasteiger partial charge in [0.2, 0.25) is 5.91 Å². The average Bonchev–Trinajstić information content (AvgIpc) is 3.50. The molecule has 3 amide bonds. The monoisotopic (exact) mass is 469 g/mol. The zero-order chi connectivity index (χ0) is 20.8. The fourth-order valence-corrected chi connectivity index (χ4v) is 3.98. The fraction of sp³-hybridized carbons (Fsp3) is 0.350. The zero-order valence-electron chi connectivity index (χ0n) is 16.4. The molecule has 0 aromatic carbocycles. The van der Waals surface area contributed by atoms with Crippen LogP contribution in [0.1, 0.15) is 36.4 Å². The summed E-state index contributed by atoms with van der Waals surface area (Å²) in [7, 11) is 1.53. The number of pyridine rings is 1. The van der Waals surface area contributed by atoms with Crippen LogP contribution in [0.15, 0.2) is 35.5 Å². The van der Waals surface area contributed by atoms with Crippen LogP contribution in [0.25, 0.3) is 5.65 Å². The van der Waals surface area contributed by atoms with Crippen LogP contribution in [0.4, 0.5) is 16.3 Å². The molecule has 1 aliphatic heterocycles. The first kappa shape index (κ1) is 19.0. The highest BCUT2D eigenvalue weighted by Gasteiger charge is 2.33. The van der Waals surface area contributed by atoms with Crippen molar-refractivity contribution in [3.8, 4) is 0 Å². The van der Waals surface area contributed by atoms with Gasteiger partial charge in [-0.25, -0.2) is 19.7 Å². The van der Waals surface area contributed by atoms with Crippen molar-refractivity contribution in [1.82, 2.24) is 24.3 Å². The molecular weight excluding hydrogens is 450 g/mol. The van der Waals surface area contributed by atoms with E-state index in [9.17, 15) is 9.59 Å². The number of anilines is 2. The fourth-order valence-electron chi connectivity index (χ4n) is 3.67. The van der Waals surface area contributed by atoms with E-state index in [2.05, 4.69) is 43.5 Å². The highest BCUT2D eigenvalue weighted by molar-refractivity contribution is 9.10. The van der Waals surface area contributed by atoms with Crippen LogP contribution in [0, 0.1) is 0 Å². The van der Waals surface area contributed by atoms with E-state index in [-0.39, 0.29) is 11.9 Å². The molecule has 0 atom stereocenters. The number of carbonyl (C=O) groups excluding carboxylic acids is 2. The number of amides is 3. The van der Waals surface area contributed by atoms with Gasteiger partial charge >= 0.3 is 6.03 Å². The average molecular weight is 470 g/mol. The Morgan fingerprint density at radius 1 is 1.20 bits per heavy atom. The van der Waals surface area contributed by atoms with Gasteiger partial charge in [0.15, 0.2) is 5.65 Å². The molecule has 0 unspecified atom stereocenters. The minimum atomic E-state index is -0.311. The lowest BCUT2D eigenvalue weighted by Gasteiger charge is -2.32. The molecule has 2 fully saturated rings. The molecule has 0 bridgehead atoms. The molecule has 2 aliphatic rings. The number of carbonyl (C=O) groups is 2. The number of halogens is 1. The summed E-state index contributed by atoms with van der Waals surface area (Å²) in [6.07, 6.45) is 8.16. The maximum absolute atomic E-state index is 12.8. The van der Waals surface area contributed by atoms with Crippen molar-refractivity contribution in [2.45, 2.75) is 31.7 Å². The summed E-state index contributed by atoms with van der Waals surface area (Å²) in [4.78, 5) is 40.5. The molecule has 10 heteroatoms. The summed E-state index contributed by atoms with van der Waals surface area (Å²) in [5.41, 5.74) is 3.48. The molecule has 1 saturated carbocycles. The second-order valence-electron chi connectivity index (χ2n) is 7.61. The topological polar surface area (TPSA) is 95.7 Å². The molecule has 5 rings (SSSR count). The molecule has 0 spiro atoms. The van der Waals surface area contributed by atoms with Gasteiger partial charge in [-0.15, -0.1) is 0 Å². The Labute approximate surface area is 181 Å². The predicted molar refractivity (Wildman–Crippen MR) is 114 cm³/mol. The summed E-state index contributed by atoms with van der Waals surface area (Å²) in [6, 6.07) is 3.54. The number of nitrogens with one attached hydrogen (secondary N) is 1. The third kappa shape index (κ3) is 3.51. The van der Waals surface area contributed by atoms with Crippen LogP contribution >= 0.6 is 15.9 Å². The van der Waals surface area contributed by atoms with E-state index in [1.165, 1.54) is 23.8 Å². The van der Waals surface area contributed by atoms with Crippen molar-refractivity contribution in [3.05, 3.63) is 46.7 Å². The second kappa shape index (κ2) is 7.35. The number of rotatable bonds is 5. The number of hydrogen-bond donors (Lipinski definition) is 1. The van der Waals surface area contributed by atoms with E-state index in [0.29, 0.717) is 41.5 Å². The van der Waals surface area contributed by atoms with Gasteiger partial charge in [0.25, 0.3) is 0 Å². The normalized spacial score (nSPS) is 17.1. The largest absolute Gasteiger partial charge is 0.364 e. The molecule has 3 aromatic rings. The van der Waals surface area contributed by atoms with E-state index in [1.807, 2.05) is 10.6 Å². The lowest BCUT2D eigenvalue weighted by Crippen LogP contribution is -2.50. The number of hydrogen-bond acceptors (Lipinski definition) is 6. The maximum Gasteiger partial charge on any atom is 0.331 e. The quantitative estimate of drug-likeness (QED) is 0.576. The molecule has 30 heavy (non-hydrogen) atoms. The minimum Gasteiger partial charge on any atom is -0.364 e. The van der Waals surface area contributed by atoms with Gasteiger partial charge in [-0.05, 0) is 46.3 Å². The molecule has 154 valence electrons. The van der Waals surface area contributed by atoms with Crippen molar-refractivity contribution >= 4 is 45.0 Å². The first-order chi connectivity index (χ1) is 14.5. The van der Waals surface area contributed by atoms with Gasteiger partial charge in [-0.2, -0.15) is 0 Å². The molecule has 1 saturated heterocycles. The van der Waals surface area contributed by atoms with Crippen molar-refractivity contribution < 1.29 is 9.59 Å². The van der Waals surface area contributed by atoms with Gasteiger partial charge in [-0.3, -0.25) is 14.6 Å². The minimum absolute atomic E-state index is 0.158. The van der Waals surface area contributed by atoms with E-state index in [4.69, 9.17) is 4.98 Å². The van der Waals surface area contributed by atoms with Crippen LogP contribution in [0.3, 0.4) is 0 Å². The van der Waals surface area contributed by atoms with Gasteiger partial charge in [0.05, 0.1) is 17.9 Å². The zero-order valence-corrected chi connectivity index (χ0v) is 18.0. The van der Waals surface area contributed by atoms with Crippen molar-refractivity contribution in [1.29, 1.82) is 0 Å². The number of aromatic nitrogens is 4. The van der Waals surface area contributed by atoms with Crippen molar-refractivity contribution in [3.63, 3.8) is 0 Å². The lowest BCUT2D eigenvalue weighted by molar-refractivity contribution is -0.127. The number of urea groups is 1. The van der Waals surface area contributed by atoms with E-state index >= 15 is 0 Å². The van der Waals surface area contributed by atoms with Gasteiger partial charge in [0.1, 0.15) is 16.7 Å². The van der Waals surface area contributed by atoms with Crippen molar-refractivity contribution in [2.75, 3.05) is 23.8 Å². The second-order valence-corrected chi connectivity index (χ2v) is 8.43. The summed E-state index contributed by atoms with van der Waals surface area (Å²) >= 11 is 3.34. The summed E-state index contributed by atoms with van der Waals surface area (Å²) in [5, 5.41) is 3.24. The number of imidazole rings is 1. The molecule has 1 aliphatic carbocycles. The third-order valence-corrected chi connectivity index (χ3v) is 5.90. The highest BCUT2D eigenvalue weighted by Crippen LogP contribution is 2.42. The summed E-state index contributed by atoms with van der Waals surface area (Å²) < 4.78 is 2.69. The SMILES string of the molecule is CN1C(=O)CCN(c2cc(C3CC3)cn3cc(CNc4cc(Br)ncn4)nc23)C1=O. The summed E-state index contributed by atoms with van der Waals surface area (Å²) in [6.45, 7) is 0.844. The molecule has 1 N–H and O–H groups in total. The highest BCUT2D eigenvalue weighted by atomic mass is 79.9. The number of nitrogens with zero attached hydrogens (tertiary/aromatic N) is 6.